The van der Waals surface area contributed by atoms with Crippen molar-refractivity contribution in [3.05, 3.63) is 52.6 Å². The van der Waals surface area contributed by atoms with Crippen LogP contribution in [-0.4, -0.2) is 28.4 Å². The van der Waals surface area contributed by atoms with E-state index in [1.807, 2.05) is 53.4 Å². The van der Waals surface area contributed by atoms with Crippen molar-refractivity contribution < 1.29 is 9.53 Å². The lowest BCUT2D eigenvalue weighted by atomic mass is 10.3. The number of pyridine rings is 1. The van der Waals surface area contributed by atoms with E-state index in [0.29, 0.717) is 19.6 Å². The van der Waals surface area contributed by atoms with Gasteiger partial charge in [-0.05, 0) is 30.5 Å². The van der Waals surface area contributed by atoms with Crippen LogP contribution in [0.5, 0.6) is 5.75 Å². The maximum Gasteiger partial charge on any atom is 0.261 e. The molecule has 0 saturated heterocycles. The number of amides is 1. The second kappa shape index (κ2) is 6.62. The number of thiophene rings is 1. The molecule has 0 aromatic carbocycles. The summed E-state index contributed by atoms with van der Waals surface area (Å²) in [5.41, 5.74) is 1.74. The molecule has 3 heterocycles. The van der Waals surface area contributed by atoms with Gasteiger partial charge in [0.1, 0.15) is 0 Å². The molecule has 5 nitrogen and oxygen atoms in total. The Labute approximate surface area is 132 Å². The van der Waals surface area contributed by atoms with Crippen molar-refractivity contribution in [2.75, 3.05) is 13.2 Å². The fourth-order valence-corrected chi connectivity index (χ4v) is 2.87. The molecule has 0 bridgehead atoms. The van der Waals surface area contributed by atoms with E-state index in [4.69, 9.17) is 4.74 Å². The summed E-state index contributed by atoms with van der Waals surface area (Å²) < 4.78 is 7.52. The molecule has 0 atom stereocenters. The largest absolute Gasteiger partial charge is 0.490 e. The number of fused-ring (bicyclic) bond motifs is 1. The van der Waals surface area contributed by atoms with Crippen LogP contribution in [0.2, 0.25) is 0 Å². The molecular weight excluding hydrogens is 298 g/mol. The van der Waals surface area contributed by atoms with Crippen LogP contribution in [0.4, 0.5) is 0 Å². The Hall–Kier alpha value is -2.34. The van der Waals surface area contributed by atoms with Crippen molar-refractivity contribution in [3.8, 4) is 5.75 Å². The maximum absolute atomic E-state index is 11.9. The molecule has 0 aliphatic carbocycles. The number of hydrogen-bond acceptors (Lipinski definition) is 4. The summed E-state index contributed by atoms with van der Waals surface area (Å²) in [5, 5.41) is 4.80. The van der Waals surface area contributed by atoms with E-state index in [1.54, 1.807) is 0 Å². The molecule has 0 aliphatic rings. The van der Waals surface area contributed by atoms with Gasteiger partial charge in [0.05, 0.1) is 17.2 Å². The summed E-state index contributed by atoms with van der Waals surface area (Å²) in [6.07, 6.45) is 4.60. The van der Waals surface area contributed by atoms with Gasteiger partial charge in [0, 0.05) is 25.4 Å². The second-order valence-electron chi connectivity index (χ2n) is 4.75. The van der Waals surface area contributed by atoms with Crippen molar-refractivity contribution in [1.29, 1.82) is 0 Å². The number of ether oxygens (including phenoxy) is 1. The summed E-state index contributed by atoms with van der Waals surface area (Å²) in [6.45, 7) is 3.12. The number of carbonyl (C=O) groups is 1. The fourth-order valence-electron chi connectivity index (χ4n) is 2.23. The summed E-state index contributed by atoms with van der Waals surface area (Å²) in [5.74, 6) is 0.743. The summed E-state index contributed by atoms with van der Waals surface area (Å²) in [7, 11) is 0. The van der Waals surface area contributed by atoms with Crippen LogP contribution in [-0.2, 0) is 6.42 Å². The van der Waals surface area contributed by atoms with Crippen LogP contribution in [0, 0.1) is 0 Å². The van der Waals surface area contributed by atoms with Crippen LogP contribution in [0.3, 0.4) is 0 Å². The monoisotopic (exact) mass is 315 g/mol. The Morgan fingerprint density at radius 3 is 3.09 bits per heavy atom. The van der Waals surface area contributed by atoms with Crippen LogP contribution in [0.25, 0.3) is 5.65 Å². The van der Waals surface area contributed by atoms with E-state index in [-0.39, 0.29) is 5.91 Å². The van der Waals surface area contributed by atoms with Gasteiger partial charge in [0.2, 0.25) is 0 Å². The standard InChI is InChI=1S/C16H17N3O2S/c1-2-21-13-5-3-9-19-11-12(18-15(13)19)7-8-17-16(20)14-6-4-10-22-14/h3-6,9-11H,2,7-8H2,1H3,(H,17,20). The van der Waals surface area contributed by atoms with Gasteiger partial charge in [-0.2, -0.15) is 0 Å². The van der Waals surface area contributed by atoms with Gasteiger partial charge in [-0.3, -0.25) is 4.79 Å². The van der Waals surface area contributed by atoms with E-state index in [2.05, 4.69) is 10.3 Å². The predicted molar refractivity (Wildman–Crippen MR) is 86.7 cm³/mol. The Morgan fingerprint density at radius 1 is 1.41 bits per heavy atom. The smallest absolute Gasteiger partial charge is 0.261 e. The number of imidazole rings is 1. The van der Waals surface area contributed by atoms with Crippen molar-refractivity contribution in [3.63, 3.8) is 0 Å². The second-order valence-corrected chi connectivity index (χ2v) is 5.70. The van der Waals surface area contributed by atoms with Crippen molar-refractivity contribution in [2.24, 2.45) is 0 Å². The first-order valence-electron chi connectivity index (χ1n) is 7.19. The van der Waals surface area contributed by atoms with E-state index in [1.165, 1.54) is 11.3 Å². The van der Waals surface area contributed by atoms with E-state index in [9.17, 15) is 4.79 Å². The number of aromatic nitrogens is 2. The molecule has 0 radical (unpaired) electrons. The molecule has 0 aliphatic heterocycles. The van der Waals surface area contributed by atoms with Crippen LogP contribution < -0.4 is 10.1 Å². The molecule has 22 heavy (non-hydrogen) atoms. The van der Waals surface area contributed by atoms with Gasteiger partial charge in [-0.25, -0.2) is 4.98 Å². The highest BCUT2D eigenvalue weighted by Crippen LogP contribution is 2.19. The Morgan fingerprint density at radius 2 is 2.32 bits per heavy atom. The van der Waals surface area contributed by atoms with E-state index >= 15 is 0 Å². The summed E-state index contributed by atoms with van der Waals surface area (Å²) in [4.78, 5) is 17.2. The molecular formula is C16H17N3O2S. The van der Waals surface area contributed by atoms with Crippen LogP contribution >= 0.6 is 11.3 Å². The first-order valence-corrected chi connectivity index (χ1v) is 8.07. The molecule has 0 unspecified atom stereocenters. The SMILES string of the molecule is CCOc1cccn2cc(CCNC(=O)c3cccs3)nc12. The fraction of sp³-hybridized carbons (Fsp3) is 0.250. The lowest BCUT2D eigenvalue weighted by molar-refractivity contribution is 0.0958. The lowest BCUT2D eigenvalue weighted by Gasteiger charge is -2.03. The summed E-state index contributed by atoms with van der Waals surface area (Å²) >= 11 is 1.44. The van der Waals surface area contributed by atoms with Gasteiger partial charge in [0.15, 0.2) is 11.4 Å². The third kappa shape index (κ3) is 3.12. The van der Waals surface area contributed by atoms with Gasteiger partial charge in [0.25, 0.3) is 5.91 Å². The number of hydrogen-bond donors (Lipinski definition) is 1. The number of carbonyl (C=O) groups excluding carboxylic acids is 1. The first-order chi connectivity index (χ1) is 10.8. The Kier molecular flexibility index (Phi) is 4.39. The summed E-state index contributed by atoms with van der Waals surface area (Å²) in [6, 6.07) is 7.53. The van der Waals surface area contributed by atoms with Crippen molar-refractivity contribution >= 4 is 22.9 Å². The maximum atomic E-state index is 11.9. The number of rotatable bonds is 6. The molecule has 0 saturated carbocycles. The normalized spacial score (nSPS) is 10.8. The quantitative estimate of drug-likeness (QED) is 0.761. The molecule has 1 amide bonds. The number of nitrogens with one attached hydrogen (secondary N) is 1. The van der Waals surface area contributed by atoms with Crippen molar-refractivity contribution in [2.45, 2.75) is 13.3 Å². The van der Waals surface area contributed by atoms with E-state index < -0.39 is 0 Å². The zero-order valence-electron chi connectivity index (χ0n) is 12.3. The highest BCUT2D eigenvalue weighted by molar-refractivity contribution is 7.12. The molecule has 3 aromatic heterocycles. The zero-order valence-corrected chi connectivity index (χ0v) is 13.1. The molecule has 3 rings (SSSR count). The van der Waals surface area contributed by atoms with Gasteiger partial charge in [-0.15, -0.1) is 11.3 Å². The predicted octanol–water partition coefficient (Wildman–Crippen LogP) is 2.77. The Bertz CT molecular complexity index is 765. The average Bonchev–Trinajstić information content (AvgIpc) is 3.17. The van der Waals surface area contributed by atoms with Gasteiger partial charge in [-0.1, -0.05) is 6.07 Å². The molecule has 0 fully saturated rings. The molecule has 0 spiro atoms. The minimum atomic E-state index is -0.0335. The third-order valence-corrected chi connectivity index (χ3v) is 4.08. The minimum Gasteiger partial charge on any atom is -0.490 e. The Balaban J connectivity index is 1.64. The van der Waals surface area contributed by atoms with Crippen molar-refractivity contribution in [1.82, 2.24) is 14.7 Å². The molecule has 6 heteroatoms. The van der Waals surface area contributed by atoms with Crippen LogP contribution in [0.1, 0.15) is 22.3 Å². The zero-order chi connectivity index (χ0) is 15.4. The minimum absolute atomic E-state index is 0.0335. The van der Waals surface area contributed by atoms with E-state index in [0.717, 1.165) is 22.0 Å². The van der Waals surface area contributed by atoms with Crippen LogP contribution in [0.15, 0.2) is 42.0 Å². The third-order valence-electron chi connectivity index (χ3n) is 3.21. The highest BCUT2D eigenvalue weighted by atomic mass is 32.1. The molecule has 3 aromatic rings. The topological polar surface area (TPSA) is 55.6 Å². The number of nitrogens with zero attached hydrogens (tertiary/aromatic N) is 2. The molecule has 1 N–H and O–H groups in total. The lowest BCUT2D eigenvalue weighted by Crippen LogP contribution is -2.24. The highest BCUT2D eigenvalue weighted by Gasteiger charge is 2.09. The van der Waals surface area contributed by atoms with Gasteiger partial charge < -0.3 is 14.5 Å². The first kappa shape index (κ1) is 14.6. The average molecular weight is 315 g/mol. The van der Waals surface area contributed by atoms with Gasteiger partial charge >= 0.3 is 0 Å². The molecule has 114 valence electrons.